The van der Waals surface area contributed by atoms with E-state index in [0.717, 1.165) is 10.6 Å². The molecular weight excluding hydrogens is 454 g/mol. The van der Waals surface area contributed by atoms with Gasteiger partial charge in [0, 0.05) is 51.4 Å². The van der Waals surface area contributed by atoms with Gasteiger partial charge in [-0.15, -0.1) is 11.3 Å². The third-order valence-electron chi connectivity index (χ3n) is 6.32. The third kappa shape index (κ3) is 4.19. The quantitative estimate of drug-likeness (QED) is 0.484. The second-order valence-corrected chi connectivity index (χ2v) is 9.52. The zero-order valence-corrected chi connectivity index (χ0v) is 19.2. The van der Waals surface area contributed by atoms with Crippen molar-refractivity contribution < 1.29 is 18.4 Å². The molecule has 0 saturated heterocycles. The normalized spacial score (nSPS) is 20.1. The van der Waals surface area contributed by atoms with Crippen molar-refractivity contribution in [2.24, 2.45) is 0 Å². The number of carbonyl (C=O) groups is 2. The summed E-state index contributed by atoms with van der Waals surface area (Å²) in [4.78, 5) is 28.1. The average molecular weight is 477 g/mol. The van der Waals surface area contributed by atoms with Gasteiger partial charge in [0.05, 0.1) is 0 Å². The highest BCUT2D eigenvalue weighted by molar-refractivity contribution is 7.10. The van der Waals surface area contributed by atoms with Crippen molar-refractivity contribution in [2.75, 3.05) is 5.32 Å². The number of hydrogen-bond acceptors (Lipinski definition) is 4. The SMILES string of the molecule is CC1=C(C(=O)Nc2ccc(F)cc2)[C@H](c2ccc(F)cc2)C2=C(C[C@H](c3cccs3)CC2=O)N1. The standard InChI is InChI=1S/C27H22F2N2O2S/c1-15-24(27(33)31-20-10-8-19(29)9-11-20)25(16-4-6-18(28)7-5-16)26-21(30-15)13-17(14-22(26)32)23-3-2-12-34-23/h2-12,17,25,30H,13-14H2,1H3,(H,31,33)/t17-,25-/m0/s1. The molecule has 1 aliphatic heterocycles. The minimum Gasteiger partial charge on any atom is -0.362 e. The highest BCUT2D eigenvalue weighted by atomic mass is 32.1. The Morgan fingerprint density at radius 1 is 1.00 bits per heavy atom. The lowest BCUT2D eigenvalue weighted by molar-refractivity contribution is -0.116. The van der Waals surface area contributed by atoms with Gasteiger partial charge in [-0.1, -0.05) is 18.2 Å². The van der Waals surface area contributed by atoms with Crippen molar-refractivity contribution in [3.05, 3.63) is 111 Å². The van der Waals surface area contributed by atoms with Crippen LogP contribution in [0.2, 0.25) is 0 Å². The molecule has 3 aromatic rings. The van der Waals surface area contributed by atoms with E-state index in [-0.39, 0.29) is 11.7 Å². The van der Waals surface area contributed by atoms with E-state index < -0.39 is 23.5 Å². The number of nitrogens with one attached hydrogen (secondary N) is 2. The van der Waals surface area contributed by atoms with E-state index in [4.69, 9.17) is 0 Å². The smallest absolute Gasteiger partial charge is 0.254 e. The first-order chi connectivity index (χ1) is 16.4. The summed E-state index contributed by atoms with van der Waals surface area (Å²) in [7, 11) is 0. The minimum absolute atomic E-state index is 0.0268. The van der Waals surface area contributed by atoms with Crippen molar-refractivity contribution in [3.8, 4) is 0 Å². The Labute approximate surface area is 200 Å². The highest BCUT2D eigenvalue weighted by Gasteiger charge is 2.41. The van der Waals surface area contributed by atoms with Crippen LogP contribution in [0.25, 0.3) is 0 Å². The molecule has 7 heteroatoms. The number of hydrogen-bond donors (Lipinski definition) is 2. The number of thiophene rings is 1. The van der Waals surface area contributed by atoms with Crippen LogP contribution in [0.3, 0.4) is 0 Å². The Morgan fingerprint density at radius 2 is 1.68 bits per heavy atom. The summed E-state index contributed by atoms with van der Waals surface area (Å²) < 4.78 is 27.0. The van der Waals surface area contributed by atoms with Gasteiger partial charge in [-0.2, -0.15) is 0 Å². The Kier molecular flexibility index (Phi) is 5.87. The van der Waals surface area contributed by atoms with Crippen molar-refractivity contribution in [2.45, 2.75) is 31.6 Å². The van der Waals surface area contributed by atoms with Gasteiger partial charge in [-0.25, -0.2) is 8.78 Å². The van der Waals surface area contributed by atoms with Gasteiger partial charge >= 0.3 is 0 Å². The summed E-state index contributed by atoms with van der Waals surface area (Å²) in [5.41, 5.74) is 3.48. The fraction of sp³-hybridized carbons (Fsp3) is 0.185. The van der Waals surface area contributed by atoms with Crippen LogP contribution in [0.5, 0.6) is 0 Å². The maximum atomic E-state index is 13.7. The van der Waals surface area contributed by atoms with Crippen LogP contribution in [0.1, 0.15) is 42.0 Å². The van der Waals surface area contributed by atoms with E-state index in [0.29, 0.717) is 40.9 Å². The summed E-state index contributed by atoms with van der Waals surface area (Å²) >= 11 is 1.63. The van der Waals surface area contributed by atoms with Crippen molar-refractivity contribution in [3.63, 3.8) is 0 Å². The van der Waals surface area contributed by atoms with Gasteiger partial charge in [-0.05, 0) is 66.8 Å². The molecule has 34 heavy (non-hydrogen) atoms. The molecule has 2 heterocycles. The van der Waals surface area contributed by atoms with Crippen molar-refractivity contribution >= 4 is 28.7 Å². The van der Waals surface area contributed by atoms with E-state index in [1.165, 1.54) is 36.4 Å². The number of dihydropyridines is 1. The molecule has 2 N–H and O–H groups in total. The lowest BCUT2D eigenvalue weighted by Crippen LogP contribution is -2.37. The number of carbonyl (C=O) groups excluding carboxylic acids is 2. The molecule has 0 unspecified atom stereocenters. The molecule has 1 amide bonds. The van der Waals surface area contributed by atoms with Crippen LogP contribution in [0, 0.1) is 11.6 Å². The Balaban J connectivity index is 1.55. The predicted molar refractivity (Wildman–Crippen MR) is 128 cm³/mol. The predicted octanol–water partition coefficient (Wildman–Crippen LogP) is 6.03. The second-order valence-electron chi connectivity index (χ2n) is 8.55. The van der Waals surface area contributed by atoms with Gasteiger partial charge in [0.1, 0.15) is 11.6 Å². The molecule has 4 nitrogen and oxygen atoms in total. The molecule has 1 aromatic heterocycles. The zero-order valence-electron chi connectivity index (χ0n) is 18.4. The summed E-state index contributed by atoms with van der Waals surface area (Å²) in [5.74, 6) is -1.77. The Morgan fingerprint density at radius 3 is 2.32 bits per heavy atom. The average Bonchev–Trinajstić information content (AvgIpc) is 3.35. The van der Waals surface area contributed by atoms with Crippen LogP contribution in [-0.4, -0.2) is 11.7 Å². The van der Waals surface area contributed by atoms with Crippen LogP contribution in [-0.2, 0) is 9.59 Å². The first-order valence-corrected chi connectivity index (χ1v) is 11.9. The molecule has 2 aliphatic rings. The molecule has 2 atom stereocenters. The van der Waals surface area contributed by atoms with E-state index >= 15 is 0 Å². The van der Waals surface area contributed by atoms with Crippen molar-refractivity contribution in [1.82, 2.24) is 5.32 Å². The minimum atomic E-state index is -0.630. The molecule has 1 aliphatic carbocycles. The lowest BCUT2D eigenvalue weighted by atomic mass is 9.72. The Bertz CT molecular complexity index is 1310. The number of benzene rings is 2. The maximum Gasteiger partial charge on any atom is 0.254 e. The Hall–Kier alpha value is -3.58. The van der Waals surface area contributed by atoms with E-state index in [1.54, 1.807) is 30.4 Å². The first kappa shape index (κ1) is 22.2. The summed E-state index contributed by atoms with van der Waals surface area (Å²) in [5, 5.41) is 8.14. The molecule has 172 valence electrons. The highest BCUT2D eigenvalue weighted by Crippen LogP contribution is 2.46. The first-order valence-electron chi connectivity index (χ1n) is 11.0. The van der Waals surface area contributed by atoms with Crippen LogP contribution < -0.4 is 10.6 Å². The van der Waals surface area contributed by atoms with Crippen LogP contribution >= 0.6 is 11.3 Å². The molecule has 0 radical (unpaired) electrons. The molecule has 0 spiro atoms. The molecule has 0 fully saturated rings. The molecule has 5 rings (SSSR count). The largest absolute Gasteiger partial charge is 0.362 e. The molecule has 0 saturated carbocycles. The summed E-state index contributed by atoms with van der Waals surface area (Å²) in [6.45, 7) is 1.80. The molecule has 0 bridgehead atoms. The van der Waals surface area contributed by atoms with E-state index in [1.807, 2.05) is 17.5 Å². The van der Waals surface area contributed by atoms with Crippen LogP contribution in [0.4, 0.5) is 14.5 Å². The number of halogens is 2. The summed E-state index contributed by atoms with van der Waals surface area (Å²) in [6, 6.07) is 15.4. The van der Waals surface area contributed by atoms with Gasteiger partial charge in [0.2, 0.25) is 0 Å². The summed E-state index contributed by atoms with van der Waals surface area (Å²) in [6.07, 6.45) is 1.01. The fourth-order valence-corrected chi connectivity index (χ4v) is 5.62. The number of allylic oxidation sites excluding steroid dienone is 3. The third-order valence-corrected chi connectivity index (χ3v) is 7.36. The van der Waals surface area contributed by atoms with Gasteiger partial charge in [-0.3, -0.25) is 9.59 Å². The van der Waals surface area contributed by atoms with Gasteiger partial charge in [0.25, 0.3) is 5.91 Å². The number of Topliss-reactive ketones (excluding diaryl/α,β-unsaturated/α-hetero) is 1. The topological polar surface area (TPSA) is 58.2 Å². The maximum absolute atomic E-state index is 13.7. The van der Waals surface area contributed by atoms with Crippen molar-refractivity contribution in [1.29, 1.82) is 0 Å². The van der Waals surface area contributed by atoms with Gasteiger partial charge in [0.15, 0.2) is 5.78 Å². The number of ketones is 1. The molecule has 2 aromatic carbocycles. The fourth-order valence-electron chi connectivity index (χ4n) is 4.79. The zero-order chi connectivity index (χ0) is 23.8. The lowest BCUT2D eigenvalue weighted by Gasteiger charge is -2.36. The number of anilines is 1. The van der Waals surface area contributed by atoms with Gasteiger partial charge < -0.3 is 10.6 Å². The van der Waals surface area contributed by atoms with E-state index in [9.17, 15) is 18.4 Å². The second kappa shape index (κ2) is 8.99. The monoisotopic (exact) mass is 476 g/mol. The van der Waals surface area contributed by atoms with E-state index in [2.05, 4.69) is 10.6 Å². The molecular formula is C27H22F2N2O2S. The number of rotatable bonds is 4. The number of amides is 1. The van der Waals surface area contributed by atoms with Crippen LogP contribution in [0.15, 0.2) is 88.6 Å².